The van der Waals surface area contributed by atoms with Gasteiger partial charge in [0, 0.05) is 11.2 Å². The zero-order valence-corrected chi connectivity index (χ0v) is 15.1. The third-order valence-electron chi connectivity index (χ3n) is 2.63. The molecule has 0 bridgehead atoms. The van der Waals surface area contributed by atoms with E-state index in [1.54, 1.807) is 46.9 Å². The number of hydrogen-bond donors (Lipinski definition) is 3. The Balaban J connectivity index is 0.00000441. The predicted octanol–water partition coefficient (Wildman–Crippen LogP) is 1.65. The molecule has 0 fully saturated rings. The van der Waals surface area contributed by atoms with Gasteiger partial charge in [-0.3, -0.25) is 4.79 Å². The van der Waals surface area contributed by atoms with Gasteiger partial charge >= 0.3 is 0 Å². The van der Waals surface area contributed by atoms with Crippen LogP contribution in [0.25, 0.3) is 0 Å². The first kappa shape index (κ1) is 20.9. The lowest BCUT2D eigenvalue weighted by molar-refractivity contribution is -0.115. The maximum atomic E-state index is 12.4. The summed E-state index contributed by atoms with van der Waals surface area (Å²) in [6.07, 6.45) is 0. The van der Waals surface area contributed by atoms with Gasteiger partial charge in [-0.05, 0) is 52.4 Å². The highest BCUT2D eigenvalue weighted by molar-refractivity contribution is 7.89. The highest BCUT2D eigenvalue weighted by Gasteiger charge is 2.24. The number of rotatable bonds is 5. The summed E-state index contributed by atoms with van der Waals surface area (Å²) in [5.41, 5.74) is 0.433. The highest BCUT2D eigenvalue weighted by atomic mass is 35.5. The summed E-state index contributed by atoms with van der Waals surface area (Å²) in [5.74, 6) is -0.223. The van der Waals surface area contributed by atoms with Crippen LogP contribution in [-0.4, -0.2) is 33.5 Å². The Hall–Kier alpha value is -1.15. The summed E-state index contributed by atoms with van der Waals surface area (Å²) in [5, 5.41) is 5.43. The van der Waals surface area contributed by atoms with Crippen LogP contribution in [0.2, 0.25) is 0 Å². The number of carbonyl (C=O) groups excluding carboxylic acids is 1. The molecule has 0 aliphatic heterocycles. The predicted molar refractivity (Wildman–Crippen MR) is 91.1 cm³/mol. The van der Waals surface area contributed by atoms with Gasteiger partial charge in [0.1, 0.15) is 0 Å². The van der Waals surface area contributed by atoms with E-state index in [-0.39, 0.29) is 29.8 Å². The van der Waals surface area contributed by atoms with Gasteiger partial charge in [0.2, 0.25) is 15.9 Å². The molecule has 1 amide bonds. The summed E-state index contributed by atoms with van der Waals surface area (Å²) in [6.45, 7) is 7.16. The van der Waals surface area contributed by atoms with Crippen LogP contribution in [0.3, 0.4) is 0 Å². The Kier molecular flexibility index (Phi) is 7.50. The Morgan fingerprint density at radius 3 is 2.32 bits per heavy atom. The van der Waals surface area contributed by atoms with Crippen molar-refractivity contribution in [2.45, 2.75) is 38.1 Å². The second-order valence-electron chi connectivity index (χ2n) is 5.86. The van der Waals surface area contributed by atoms with E-state index < -0.39 is 15.6 Å². The van der Waals surface area contributed by atoms with Gasteiger partial charge in [0.15, 0.2) is 0 Å². The average molecular weight is 350 g/mol. The maximum Gasteiger partial charge on any atom is 0.241 e. The number of hydrogen-bond acceptors (Lipinski definition) is 4. The smallest absolute Gasteiger partial charge is 0.241 e. The number of nitrogens with one attached hydrogen (secondary N) is 3. The molecular weight excluding hydrogens is 326 g/mol. The van der Waals surface area contributed by atoms with Gasteiger partial charge in [-0.25, -0.2) is 13.1 Å². The van der Waals surface area contributed by atoms with E-state index >= 15 is 0 Å². The number of carbonyl (C=O) groups is 1. The molecule has 0 aliphatic rings. The van der Waals surface area contributed by atoms with Gasteiger partial charge < -0.3 is 10.6 Å². The van der Waals surface area contributed by atoms with Crippen LogP contribution in [0.4, 0.5) is 5.69 Å². The normalized spacial score (nSPS) is 11.7. The largest absolute Gasteiger partial charge is 0.325 e. The lowest BCUT2D eigenvalue weighted by Crippen LogP contribution is -2.40. The monoisotopic (exact) mass is 349 g/mol. The summed E-state index contributed by atoms with van der Waals surface area (Å²) in [7, 11) is -1.97. The number of amides is 1. The van der Waals surface area contributed by atoms with Crippen molar-refractivity contribution < 1.29 is 13.2 Å². The van der Waals surface area contributed by atoms with Gasteiger partial charge in [-0.1, -0.05) is 6.07 Å². The number of halogens is 1. The molecule has 0 unspecified atom stereocenters. The lowest BCUT2D eigenvalue weighted by Gasteiger charge is -2.21. The summed E-state index contributed by atoms with van der Waals surface area (Å²) in [4.78, 5) is 11.8. The molecule has 6 nitrogen and oxygen atoms in total. The lowest BCUT2D eigenvalue weighted by atomic mass is 10.1. The van der Waals surface area contributed by atoms with E-state index in [1.807, 2.05) is 0 Å². The number of benzene rings is 1. The molecule has 1 rings (SSSR count). The average Bonchev–Trinajstić information content (AvgIpc) is 2.28. The molecule has 0 heterocycles. The first-order chi connectivity index (χ1) is 9.57. The molecule has 126 valence electrons. The van der Waals surface area contributed by atoms with Crippen molar-refractivity contribution in [1.82, 2.24) is 10.0 Å². The number of sulfonamides is 1. The van der Waals surface area contributed by atoms with Crippen LogP contribution in [0.5, 0.6) is 0 Å². The second kappa shape index (κ2) is 7.92. The molecule has 0 radical (unpaired) electrons. The number of anilines is 1. The Morgan fingerprint density at radius 1 is 1.23 bits per heavy atom. The molecule has 8 heteroatoms. The Bertz CT molecular complexity index is 625. The fourth-order valence-corrected chi connectivity index (χ4v) is 3.54. The molecule has 0 atom stereocenters. The first-order valence-corrected chi connectivity index (χ1v) is 8.13. The van der Waals surface area contributed by atoms with Crippen LogP contribution in [0.1, 0.15) is 26.3 Å². The summed E-state index contributed by atoms with van der Waals surface area (Å²) >= 11 is 0. The van der Waals surface area contributed by atoms with E-state index in [0.29, 0.717) is 11.3 Å². The van der Waals surface area contributed by atoms with E-state index in [4.69, 9.17) is 0 Å². The van der Waals surface area contributed by atoms with Crippen molar-refractivity contribution in [3.05, 3.63) is 23.8 Å². The molecular formula is C14H24ClN3O3S. The molecule has 0 saturated carbocycles. The quantitative estimate of drug-likeness (QED) is 0.754. The minimum Gasteiger partial charge on any atom is -0.325 e. The molecule has 0 aromatic heterocycles. The third-order valence-corrected chi connectivity index (χ3v) is 4.53. The fraction of sp³-hybridized carbons (Fsp3) is 0.500. The van der Waals surface area contributed by atoms with E-state index in [2.05, 4.69) is 15.4 Å². The standard InChI is InChI=1S/C14H23N3O3S.ClH/c1-10-11(16-13(18)9-15-5)7-6-8-12(10)21(19,20)17-14(2,3)4;/h6-8,15,17H,9H2,1-5H3,(H,16,18);1H. The molecule has 0 aliphatic carbocycles. The topological polar surface area (TPSA) is 87.3 Å². The zero-order chi connectivity index (χ0) is 16.3. The molecule has 22 heavy (non-hydrogen) atoms. The van der Waals surface area contributed by atoms with Gasteiger partial charge in [-0.2, -0.15) is 0 Å². The van der Waals surface area contributed by atoms with Crippen molar-refractivity contribution >= 4 is 34.0 Å². The van der Waals surface area contributed by atoms with Crippen molar-refractivity contribution in [3.8, 4) is 0 Å². The van der Waals surface area contributed by atoms with Crippen LogP contribution < -0.4 is 15.4 Å². The van der Waals surface area contributed by atoms with Crippen molar-refractivity contribution in [2.75, 3.05) is 18.9 Å². The molecule has 1 aromatic rings. The minimum atomic E-state index is -3.64. The molecule has 1 aromatic carbocycles. The highest BCUT2D eigenvalue weighted by Crippen LogP contribution is 2.24. The first-order valence-electron chi connectivity index (χ1n) is 6.65. The molecule has 0 saturated heterocycles. The van der Waals surface area contributed by atoms with Gasteiger partial charge in [-0.15, -0.1) is 12.4 Å². The fourth-order valence-electron chi connectivity index (χ4n) is 1.85. The Labute approximate surface area is 138 Å². The van der Waals surface area contributed by atoms with E-state index in [9.17, 15) is 13.2 Å². The van der Waals surface area contributed by atoms with Crippen LogP contribution in [0.15, 0.2) is 23.1 Å². The van der Waals surface area contributed by atoms with Crippen molar-refractivity contribution in [3.63, 3.8) is 0 Å². The minimum absolute atomic E-state index is 0. The van der Waals surface area contributed by atoms with Crippen LogP contribution in [0, 0.1) is 6.92 Å². The van der Waals surface area contributed by atoms with Crippen LogP contribution in [-0.2, 0) is 14.8 Å². The maximum absolute atomic E-state index is 12.4. The number of likely N-dealkylation sites (N-methyl/N-ethyl adjacent to an activating group) is 1. The van der Waals surface area contributed by atoms with E-state index in [0.717, 1.165) is 0 Å². The second-order valence-corrected chi connectivity index (χ2v) is 7.51. The summed E-state index contributed by atoms with van der Waals surface area (Å²) in [6, 6.07) is 4.81. The summed E-state index contributed by atoms with van der Waals surface area (Å²) < 4.78 is 27.4. The Morgan fingerprint density at radius 2 is 1.82 bits per heavy atom. The third kappa shape index (κ3) is 5.92. The van der Waals surface area contributed by atoms with E-state index in [1.165, 1.54) is 6.07 Å². The molecule has 3 N–H and O–H groups in total. The SMILES string of the molecule is CNCC(=O)Nc1cccc(S(=O)(=O)NC(C)(C)C)c1C.Cl. The van der Waals surface area contributed by atoms with Crippen LogP contribution >= 0.6 is 12.4 Å². The van der Waals surface area contributed by atoms with Crippen molar-refractivity contribution in [2.24, 2.45) is 0 Å². The van der Waals surface area contributed by atoms with Gasteiger partial charge in [0.05, 0.1) is 11.4 Å². The van der Waals surface area contributed by atoms with Gasteiger partial charge in [0.25, 0.3) is 0 Å². The van der Waals surface area contributed by atoms with Crippen molar-refractivity contribution in [1.29, 1.82) is 0 Å². The zero-order valence-electron chi connectivity index (χ0n) is 13.5. The molecule has 0 spiro atoms.